The molecule has 12 rings (SSSR count). The Hall–Kier alpha value is -5.17. The maximum atomic E-state index is 8.99. The molecule has 2 aromatic heterocycles. The molecular formula is C46H45BClN8O2. The van der Waals surface area contributed by atoms with Crippen LogP contribution >= 0.6 is 11.6 Å². The van der Waals surface area contributed by atoms with Crippen molar-refractivity contribution in [3.05, 3.63) is 113 Å². The summed E-state index contributed by atoms with van der Waals surface area (Å²) in [5.41, 5.74) is 8.29. The van der Waals surface area contributed by atoms with E-state index in [-0.39, 0.29) is 0 Å². The van der Waals surface area contributed by atoms with Crippen molar-refractivity contribution in [2.45, 2.75) is 100 Å². The molecule has 4 aromatic carbocycles. The first-order chi connectivity index (χ1) is 28.5. The van der Waals surface area contributed by atoms with Crippen molar-refractivity contribution in [2.75, 3.05) is 13.1 Å². The van der Waals surface area contributed by atoms with Gasteiger partial charge in [0.1, 0.15) is 17.4 Å². The van der Waals surface area contributed by atoms with Gasteiger partial charge in [-0.1, -0.05) is 42.6 Å². The Morgan fingerprint density at radius 2 is 1.12 bits per heavy atom. The standard InChI is InChI=1S/C23H22N4.C16H18ClN3.C7H5BNO2/c24-13-15-4-6-16(7-5-15)17-8-9-22-21(10-17)25-23-12-19-11-20(27(22)23)14-26(19)18-2-1-3-18;17-10-4-5-15-14(6-10)18-16-8-12-7-13(20(15)16)9-19(12)11-2-1-3-11;9-5-6-1-3-7(4-2-6)11-8-10/h4-10,18-20H,1-3,11-12,14H2;4-6,11-13H,1-3,7-9H2;1-4,10H. The van der Waals surface area contributed by atoms with Crippen molar-refractivity contribution in [3.8, 4) is 29.0 Å². The van der Waals surface area contributed by atoms with E-state index in [0.29, 0.717) is 42.7 Å². The molecule has 4 unspecified atom stereocenters. The number of nitriles is 2. The summed E-state index contributed by atoms with van der Waals surface area (Å²) < 4.78 is 9.63. The maximum absolute atomic E-state index is 8.99. The average Bonchev–Trinajstić information content (AvgIpc) is 3.95. The van der Waals surface area contributed by atoms with E-state index in [2.05, 4.69) is 53.9 Å². The molecule has 1 radical (unpaired) electrons. The molecule has 0 spiro atoms. The summed E-state index contributed by atoms with van der Waals surface area (Å²) in [6.07, 6.45) is 13.2. The van der Waals surface area contributed by atoms with Crippen molar-refractivity contribution in [1.29, 1.82) is 10.5 Å². The first-order valence-corrected chi connectivity index (χ1v) is 21.2. The highest BCUT2D eigenvalue weighted by atomic mass is 35.5. The van der Waals surface area contributed by atoms with Crippen molar-refractivity contribution < 1.29 is 9.68 Å². The summed E-state index contributed by atoms with van der Waals surface area (Å²) in [5, 5.41) is 26.4. The van der Waals surface area contributed by atoms with Crippen molar-refractivity contribution in [2.24, 2.45) is 0 Å². The Bertz CT molecular complexity index is 2550. The van der Waals surface area contributed by atoms with Crippen LogP contribution in [0.25, 0.3) is 33.2 Å². The maximum Gasteiger partial charge on any atom is 0.569 e. The summed E-state index contributed by atoms with van der Waals surface area (Å²) in [4.78, 5) is 15.4. The average molecular weight is 788 g/mol. The molecule has 1 N–H and O–H groups in total. The van der Waals surface area contributed by atoms with E-state index in [0.717, 1.165) is 52.6 Å². The number of halogens is 1. The van der Waals surface area contributed by atoms with Crippen molar-refractivity contribution >= 4 is 41.4 Å². The van der Waals surface area contributed by atoms with Crippen LogP contribution in [0.15, 0.2) is 84.9 Å². The molecule has 4 fully saturated rings. The Morgan fingerprint density at radius 3 is 1.62 bits per heavy atom. The molecule has 4 aliphatic heterocycles. The molecule has 0 amide bonds. The number of aromatic nitrogens is 4. The van der Waals surface area contributed by atoms with Crippen LogP contribution in [0.3, 0.4) is 0 Å². The van der Waals surface area contributed by atoms with Gasteiger partial charge in [-0.05, 0) is 116 Å². The molecule has 6 aliphatic rings. The number of likely N-dealkylation sites (tertiary alicyclic amines) is 2. The zero-order chi connectivity index (χ0) is 39.3. The zero-order valence-corrected chi connectivity index (χ0v) is 33.2. The fraction of sp³-hybridized carbons (Fsp3) is 0.391. The first kappa shape index (κ1) is 37.1. The van der Waals surface area contributed by atoms with E-state index in [1.54, 1.807) is 24.3 Å². The minimum Gasteiger partial charge on any atom is -0.537 e. The third kappa shape index (κ3) is 6.84. The van der Waals surface area contributed by atoms with Gasteiger partial charge in [0, 0.05) is 67.2 Å². The van der Waals surface area contributed by atoms with Crippen LogP contribution in [-0.2, 0) is 12.8 Å². The van der Waals surface area contributed by atoms with Gasteiger partial charge < -0.3 is 18.8 Å². The molecule has 12 heteroatoms. The van der Waals surface area contributed by atoms with Crippen LogP contribution in [0.2, 0.25) is 5.02 Å². The number of rotatable bonds is 5. The molecule has 10 nitrogen and oxygen atoms in total. The SMILES string of the molecule is Clc1ccc2c(c1)nc1n2C2CC(C1)N(C1CCC1)C2.N#Cc1ccc(-c2ccc3c(c2)nc2n3C3CC(C2)N(C2CCC2)C3)cc1.N#Cc1ccc(O[B]O)cc1. The highest BCUT2D eigenvalue weighted by molar-refractivity contribution is 6.31. The van der Waals surface area contributed by atoms with E-state index in [9.17, 15) is 0 Å². The third-order valence-corrected chi connectivity index (χ3v) is 13.8. The van der Waals surface area contributed by atoms with Gasteiger partial charge in [0.25, 0.3) is 0 Å². The molecule has 58 heavy (non-hydrogen) atoms. The number of hydrogen-bond donors (Lipinski definition) is 1. The second-order valence-electron chi connectivity index (χ2n) is 16.7. The third-order valence-electron chi connectivity index (χ3n) is 13.5. The number of hydrogen-bond acceptors (Lipinski definition) is 8. The fourth-order valence-electron chi connectivity index (χ4n) is 10.3. The predicted molar refractivity (Wildman–Crippen MR) is 225 cm³/mol. The van der Waals surface area contributed by atoms with Crippen LogP contribution < -0.4 is 4.65 Å². The zero-order valence-electron chi connectivity index (χ0n) is 32.4. The van der Waals surface area contributed by atoms with Crippen molar-refractivity contribution in [3.63, 3.8) is 0 Å². The Balaban J connectivity index is 0.000000116. The molecule has 6 heterocycles. The summed E-state index contributed by atoms with van der Waals surface area (Å²) >= 11 is 6.09. The minimum atomic E-state index is 0.506. The molecule has 291 valence electrons. The molecule has 6 aromatic rings. The van der Waals surface area contributed by atoms with Crippen LogP contribution in [0.1, 0.15) is 86.2 Å². The lowest BCUT2D eigenvalue weighted by atomic mass is 9.90. The van der Waals surface area contributed by atoms with E-state index in [4.69, 9.17) is 37.1 Å². The van der Waals surface area contributed by atoms with Gasteiger partial charge in [-0.3, -0.25) is 9.80 Å². The lowest BCUT2D eigenvalue weighted by molar-refractivity contribution is 0.114. The van der Waals surface area contributed by atoms with Gasteiger partial charge in [-0.2, -0.15) is 10.5 Å². The summed E-state index contributed by atoms with van der Waals surface area (Å²) in [5.74, 6) is 3.04. The lowest BCUT2D eigenvalue weighted by Crippen LogP contribution is -2.43. The molecule has 4 atom stereocenters. The van der Waals surface area contributed by atoms with Crippen LogP contribution in [0, 0.1) is 22.7 Å². The smallest absolute Gasteiger partial charge is 0.537 e. The minimum absolute atomic E-state index is 0.506. The lowest BCUT2D eigenvalue weighted by Gasteiger charge is -2.38. The largest absolute Gasteiger partial charge is 0.569 e. The Labute approximate surface area is 344 Å². The van der Waals surface area contributed by atoms with Crippen LogP contribution in [0.4, 0.5) is 0 Å². The van der Waals surface area contributed by atoms with E-state index in [1.165, 1.54) is 92.7 Å². The van der Waals surface area contributed by atoms with Gasteiger partial charge in [-0.25, -0.2) is 9.97 Å². The fourth-order valence-corrected chi connectivity index (χ4v) is 10.5. The van der Waals surface area contributed by atoms with Crippen LogP contribution in [0.5, 0.6) is 5.75 Å². The number of imidazole rings is 2. The van der Waals surface area contributed by atoms with Gasteiger partial charge in [0.2, 0.25) is 0 Å². The Morgan fingerprint density at radius 1 is 0.621 bits per heavy atom. The monoisotopic (exact) mass is 787 g/mol. The normalized spacial score (nSPS) is 23.2. The van der Waals surface area contributed by atoms with Gasteiger partial charge >= 0.3 is 7.69 Å². The van der Waals surface area contributed by atoms with Gasteiger partial charge in [0.15, 0.2) is 0 Å². The number of fused-ring (bicyclic) bond motifs is 12. The second kappa shape index (κ2) is 15.5. The second-order valence-corrected chi connectivity index (χ2v) is 17.2. The highest BCUT2D eigenvalue weighted by Crippen LogP contribution is 2.44. The molecular weight excluding hydrogens is 743 g/mol. The molecule has 2 aliphatic carbocycles. The predicted octanol–water partition coefficient (Wildman–Crippen LogP) is 8.18. The number of nitrogens with zero attached hydrogens (tertiary/aromatic N) is 8. The van der Waals surface area contributed by atoms with E-state index in [1.807, 2.05) is 42.5 Å². The quantitative estimate of drug-likeness (QED) is 0.174. The van der Waals surface area contributed by atoms with Crippen molar-refractivity contribution in [1.82, 2.24) is 28.9 Å². The summed E-state index contributed by atoms with van der Waals surface area (Å²) in [7, 11) is 0.599. The number of benzene rings is 4. The van der Waals surface area contributed by atoms with E-state index < -0.39 is 0 Å². The topological polar surface area (TPSA) is 119 Å². The van der Waals surface area contributed by atoms with Gasteiger partial charge in [-0.15, -0.1) is 0 Å². The molecule has 2 saturated carbocycles. The molecule has 4 bridgehead atoms. The summed E-state index contributed by atoms with van der Waals surface area (Å²) in [6, 6.07) is 35.5. The van der Waals surface area contributed by atoms with Crippen LogP contribution in [-0.4, -0.2) is 78.9 Å². The summed E-state index contributed by atoms with van der Waals surface area (Å²) in [6.45, 7) is 2.42. The molecule has 2 saturated heterocycles. The first-order valence-electron chi connectivity index (χ1n) is 20.8. The van der Waals surface area contributed by atoms with Gasteiger partial charge in [0.05, 0.1) is 45.3 Å². The highest BCUT2D eigenvalue weighted by Gasteiger charge is 2.45. The Kier molecular flexibility index (Phi) is 9.95. The van der Waals surface area contributed by atoms with E-state index >= 15 is 0 Å².